The molecule has 0 aromatic heterocycles. The van der Waals surface area contributed by atoms with Crippen molar-refractivity contribution in [1.82, 2.24) is 9.80 Å². The number of amides is 1. The van der Waals surface area contributed by atoms with Crippen molar-refractivity contribution in [2.24, 2.45) is 0 Å². The lowest BCUT2D eigenvalue weighted by molar-refractivity contribution is -0.122. The van der Waals surface area contributed by atoms with E-state index < -0.39 is 0 Å². The first kappa shape index (κ1) is 23.6. The third kappa shape index (κ3) is 5.80. The van der Waals surface area contributed by atoms with Crippen molar-refractivity contribution in [2.75, 3.05) is 13.1 Å². The number of nitrogens with zero attached hydrogens (tertiary/aromatic N) is 2. The van der Waals surface area contributed by atoms with E-state index in [9.17, 15) is 4.79 Å². The molecule has 31 heavy (non-hydrogen) atoms. The fraction of sp³-hybridized carbons (Fsp3) is 0.440. The Hall–Kier alpha value is -2.05. The fourth-order valence-electron chi connectivity index (χ4n) is 3.76. The van der Waals surface area contributed by atoms with Crippen LogP contribution in [0, 0.1) is 0 Å². The van der Waals surface area contributed by atoms with E-state index in [2.05, 4.69) is 30.9 Å². The summed E-state index contributed by atoms with van der Waals surface area (Å²) in [6.45, 7) is 7.79. The minimum absolute atomic E-state index is 0.0252. The second-order valence-corrected chi connectivity index (χ2v) is 9.43. The molecule has 2 aliphatic rings. The van der Waals surface area contributed by atoms with E-state index in [-0.39, 0.29) is 5.91 Å². The lowest BCUT2D eigenvalue weighted by Crippen LogP contribution is -2.27. The number of rotatable bonds is 10. The standard InChI is InChI=1S/C25H32N2O2S2/c1-4-6-7-8-9-13-18-27-19(3)23(20-14-11-10-12-15-20)29-22(27)17-16-21-24(28)26(5-2)25(30)31-21/h10-12,14-17H,4-9,13,18H2,1-3H3/b21-16-,22-17+. The van der Waals surface area contributed by atoms with Gasteiger partial charge in [0.25, 0.3) is 5.91 Å². The van der Waals surface area contributed by atoms with Gasteiger partial charge in [-0.3, -0.25) is 9.69 Å². The predicted octanol–water partition coefficient (Wildman–Crippen LogP) is 6.67. The van der Waals surface area contributed by atoms with Crippen LogP contribution in [0.25, 0.3) is 5.76 Å². The van der Waals surface area contributed by atoms with Crippen LogP contribution in [-0.2, 0) is 9.53 Å². The minimum atomic E-state index is -0.0252. The van der Waals surface area contributed by atoms with Crippen LogP contribution < -0.4 is 0 Å². The average molecular weight is 457 g/mol. The van der Waals surface area contributed by atoms with Crippen molar-refractivity contribution in [3.05, 3.63) is 64.5 Å². The van der Waals surface area contributed by atoms with Gasteiger partial charge in [0.15, 0.2) is 11.6 Å². The summed E-state index contributed by atoms with van der Waals surface area (Å²) in [6, 6.07) is 10.2. The van der Waals surface area contributed by atoms with Gasteiger partial charge in [-0.05, 0) is 26.3 Å². The zero-order valence-corrected chi connectivity index (χ0v) is 20.4. The van der Waals surface area contributed by atoms with Gasteiger partial charge in [0.1, 0.15) is 4.32 Å². The smallest absolute Gasteiger partial charge is 0.266 e. The molecule has 0 bridgehead atoms. The van der Waals surface area contributed by atoms with Crippen LogP contribution >= 0.6 is 24.0 Å². The largest absolute Gasteiger partial charge is 0.438 e. The van der Waals surface area contributed by atoms with Crippen molar-refractivity contribution in [1.29, 1.82) is 0 Å². The van der Waals surface area contributed by atoms with Gasteiger partial charge >= 0.3 is 0 Å². The topological polar surface area (TPSA) is 32.8 Å². The van der Waals surface area contributed by atoms with Crippen molar-refractivity contribution in [2.45, 2.75) is 59.3 Å². The summed E-state index contributed by atoms with van der Waals surface area (Å²) in [5.41, 5.74) is 2.18. The first-order chi connectivity index (χ1) is 15.1. The molecule has 0 saturated carbocycles. The molecule has 1 saturated heterocycles. The molecule has 3 rings (SSSR count). The Balaban J connectivity index is 1.77. The summed E-state index contributed by atoms with van der Waals surface area (Å²) in [5.74, 6) is 1.63. The van der Waals surface area contributed by atoms with E-state index in [1.54, 1.807) is 4.90 Å². The zero-order valence-electron chi connectivity index (χ0n) is 18.7. The van der Waals surface area contributed by atoms with Crippen LogP contribution in [0.3, 0.4) is 0 Å². The molecule has 0 unspecified atom stereocenters. The Morgan fingerprint density at radius 2 is 1.71 bits per heavy atom. The van der Waals surface area contributed by atoms with Crippen LogP contribution in [-0.4, -0.2) is 33.1 Å². The molecule has 4 nitrogen and oxygen atoms in total. The molecule has 6 heteroatoms. The Bertz CT molecular complexity index is 890. The third-order valence-corrected chi connectivity index (χ3v) is 6.94. The van der Waals surface area contributed by atoms with Crippen LogP contribution in [0.4, 0.5) is 0 Å². The highest BCUT2D eigenvalue weighted by molar-refractivity contribution is 8.26. The normalized spacial score (nSPS) is 19.3. The summed E-state index contributed by atoms with van der Waals surface area (Å²) in [7, 11) is 0. The number of hydrogen-bond donors (Lipinski definition) is 0. The molecule has 166 valence electrons. The molecule has 1 aromatic carbocycles. The van der Waals surface area contributed by atoms with Crippen molar-refractivity contribution in [3.63, 3.8) is 0 Å². The number of benzene rings is 1. The van der Waals surface area contributed by atoms with Gasteiger partial charge in [0, 0.05) is 24.7 Å². The molecular weight excluding hydrogens is 424 g/mol. The van der Waals surface area contributed by atoms with Gasteiger partial charge in [0.05, 0.1) is 10.6 Å². The predicted molar refractivity (Wildman–Crippen MR) is 134 cm³/mol. The number of thioether (sulfide) groups is 1. The first-order valence-corrected chi connectivity index (χ1v) is 12.5. The number of unbranched alkanes of at least 4 members (excludes halogenated alkanes) is 5. The van der Waals surface area contributed by atoms with Crippen LogP contribution in [0.5, 0.6) is 0 Å². The maximum atomic E-state index is 12.5. The molecule has 0 aliphatic carbocycles. The molecule has 2 aliphatic heterocycles. The highest BCUT2D eigenvalue weighted by Crippen LogP contribution is 2.36. The van der Waals surface area contributed by atoms with Crippen molar-refractivity contribution < 1.29 is 9.53 Å². The quantitative estimate of drug-likeness (QED) is 0.223. The molecule has 1 aromatic rings. The summed E-state index contributed by atoms with van der Waals surface area (Å²) in [6.07, 6.45) is 11.2. The Morgan fingerprint density at radius 1 is 1.00 bits per heavy atom. The summed E-state index contributed by atoms with van der Waals surface area (Å²) in [5, 5.41) is 0. The van der Waals surface area contributed by atoms with Gasteiger partial charge in [-0.2, -0.15) is 0 Å². The number of thiocarbonyl (C=S) groups is 1. The second-order valence-electron chi connectivity index (χ2n) is 7.76. The lowest BCUT2D eigenvalue weighted by atomic mass is 10.1. The van der Waals surface area contributed by atoms with Gasteiger partial charge in [-0.15, -0.1) is 0 Å². The molecule has 1 fully saturated rings. The number of carbonyl (C=O) groups is 1. The Morgan fingerprint density at radius 3 is 2.39 bits per heavy atom. The highest BCUT2D eigenvalue weighted by Gasteiger charge is 2.31. The van der Waals surface area contributed by atoms with E-state index >= 15 is 0 Å². The van der Waals surface area contributed by atoms with Gasteiger partial charge < -0.3 is 9.64 Å². The van der Waals surface area contributed by atoms with E-state index in [1.165, 1.54) is 43.9 Å². The van der Waals surface area contributed by atoms with E-state index in [1.807, 2.05) is 37.3 Å². The molecule has 0 radical (unpaired) electrons. The lowest BCUT2D eigenvalue weighted by Gasteiger charge is -2.19. The Labute approximate surface area is 196 Å². The van der Waals surface area contributed by atoms with Crippen LogP contribution in [0.1, 0.15) is 64.9 Å². The number of ether oxygens (including phenoxy) is 1. The number of hydrogen-bond acceptors (Lipinski definition) is 5. The van der Waals surface area contributed by atoms with Gasteiger partial charge in [-0.1, -0.05) is 93.3 Å². The number of likely N-dealkylation sites (N-methyl/N-ethyl adjacent to an activating group) is 1. The van der Waals surface area contributed by atoms with Crippen LogP contribution in [0.15, 0.2) is 59.0 Å². The monoisotopic (exact) mass is 456 g/mol. The SMILES string of the molecule is CCCCCCCCN1C(C)=C(c2ccccc2)O/C1=C/C=C1\SC(=S)N(CC)C1=O. The maximum absolute atomic E-state index is 12.5. The van der Waals surface area contributed by atoms with E-state index in [4.69, 9.17) is 17.0 Å². The van der Waals surface area contributed by atoms with Crippen molar-refractivity contribution in [3.8, 4) is 0 Å². The fourth-order valence-corrected chi connectivity index (χ4v) is 5.09. The first-order valence-electron chi connectivity index (χ1n) is 11.2. The molecule has 2 heterocycles. The molecule has 0 N–H and O–H groups in total. The zero-order chi connectivity index (χ0) is 22.2. The molecule has 1 amide bonds. The van der Waals surface area contributed by atoms with Gasteiger partial charge in [0.2, 0.25) is 0 Å². The second kappa shape index (κ2) is 11.5. The molecule has 0 atom stereocenters. The van der Waals surface area contributed by atoms with E-state index in [0.29, 0.717) is 15.8 Å². The number of allylic oxidation sites excluding steroid dienone is 3. The summed E-state index contributed by atoms with van der Waals surface area (Å²) < 4.78 is 6.92. The average Bonchev–Trinajstić information content (AvgIpc) is 3.24. The summed E-state index contributed by atoms with van der Waals surface area (Å²) >= 11 is 6.68. The third-order valence-electron chi connectivity index (χ3n) is 5.54. The minimum Gasteiger partial charge on any atom is -0.438 e. The molecular formula is C25H32N2O2S2. The maximum Gasteiger partial charge on any atom is 0.266 e. The van der Waals surface area contributed by atoms with Gasteiger partial charge in [-0.25, -0.2) is 0 Å². The van der Waals surface area contributed by atoms with E-state index in [0.717, 1.165) is 35.9 Å². The van der Waals surface area contributed by atoms with Crippen LogP contribution in [0.2, 0.25) is 0 Å². The number of carbonyl (C=O) groups excluding carboxylic acids is 1. The van der Waals surface area contributed by atoms with Crippen molar-refractivity contribution >= 4 is 40.0 Å². The molecule has 0 spiro atoms. The Kier molecular flexibility index (Phi) is 8.79. The highest BCUT2D eigenvalue weighted by atomic mass is 32.2. The summed E-state index contributed by atoms with van der Waals surface area (Å²) in [4.78, 5) is 17.0.